The maximum Gasteiger partial charge on any atom is 0.238 e. The highest BCUT2D eigenvalue weighted by molar-refractivity contribution is 5.92. The molecular weight excluding hydrogens is 371 g/mol. The highest BCUT2D eigenvalue weighted by Gasteiger charge is 2.26. The van der Waals surface area contributed by atoms with E-state index in [1.54, 1.807) is 12.1 Å². The second-order valence-corrected chi connectivity index (χ2v) is 7.65. The Morgan fingerprint density at radius 1 is 1.24 bits per heavy atom. The Bertz CT molecular complexity index is 866. The van der Waals surface area contributed by atoms with Crippen molar-refractivity contribution in [3.63, 3.8) is 0 Å². The second kappa shape index (κ2) is 8.84. The Balaban J connectivity index is 1.45. The molecule has 8 heteroatoms. The number of halogens is 1. The van der Waals surface area contributed by atoms with Crippen LogP contribution in [0.5, 0.6) is 0 Å². The van der Waals surface area contributed by atoms with Crippen molar-refractivity contribution in [3.8, 4) is 0 Å². The largest absolute Gasteiger partial charge is 0.373 e. The molecule has 0 aliphatic carbocycles. The number of amides is 1. The lowest BCUT2D eigenvalue weighted by molar-refractivity contribution is -0.117. The molecule has 0 saturated carbocycles. The molecule has 1 amide bonds. The zero-order valence-corrected chi connectivity index (χ0v) is 16.7. The number of nitrogens with one attached hydrogen (secondary N) is 3. The van der Waals surface area contributed by atoms with Crippen molar-refractivity contribution in [2.45, 2.75) is 31.7 Å². The molecule has 1 saturated heterocycles. The van der Waals surface area contributed by atoms with E-state index < -0.39 is 0 Å². The van der Waals surface area contributed by atoms with Crippen molar-refractivity contribution in [3.05, 3.63) is 47.2 Å². The molecule has 0 bridgehead atoms. The molecule has 0 spiro atoms. The van der Waals surface area contributed by atoms with Gasteiger partial charge in [-0.1, -0.05) is 0 Å². The zero-order valence-electron chi connectivity index (χ0n) is 16.7. The van der Waals surface area contributed by atoms with Crippen LogP contribution in [0, 0.1) is 5.82 Å². The fraction of sp³-hybridized carbons (Fsp3) is 0.476. The molecule has 2 aliphatic rings. The number of carbonyl (C=O) groups is 1. The van der Waals surface area contributed by atoms with Crippen LogP contribution in [0.15, 0.2) is 24.3 Å². The van der Waals surface area contributed by atoms with E-state index in [-0.39, 0.29) is 18.3 Å². The second-order valence-electron chi connectivity index (χ2n) is 7.65. The summed E-state index contributed by atoms with van der Waals surface area (Å²) in [6, 6.07) is 5.81. The van der Waals surface area contributed by atoms with Crippen molar-refractivity contribution in [1.29, 1.82) is 0 Å². The van der Waals surface area contributed by atoms with Crippen molar-refractivity contribution < 1.29 is 9.18 Å². The lowest BCUT2D eigenvalue weighted by Gasteiger charge is -2.30. The van der Waals surface area contributed by atoms with E-state index in [1.165, 1.54) is 12.1 Å². The number of piperidine rings is 1. The van der Waals surface area contributed by atoms with Gasteiger partial charge in [0.25, 0.3) is 0 Å². The number of hydrogen-bond acceptors (Lipinski definition) is 6. The molecule has 0 atom stereocenters. The fourth-order valence-corrected chi connectivity index (χ4v) is 4.04. The van der Waals surface area contributed by atoms with E-state index >= 15 is 0 Å². The molecule has 1 aromatic carbocycles. The van der Waals surface area contributed by atoms with Crippen molar-refractivity contribution in [2.24, 2.45) is 0 Å². The summed E-state index contributed by atoms with van der Waals surface area (Å²) < 4.78 is 13.0. The standard InChI is InChI=1S/C21H27FN6O/c1-23-21-17-8-11-28(13-19(29)25-16-4-2-15(22)3-5-16)12-18(17)26-20(27-21)14-6-9-24-10-7-14/h2-5,14,24H,6-13H2,1H3,(H,25,29)(H,23,26,27). The lowest BCUT2D eigenvalue weighted by Crippen LogP contribution is -2.38. The molecule has 0 radical (unpaired) electrons. The first kappa shape index (κ1) is 19.7. The minimum atomic E-state index is -0.319. The lowest BCUT2D eigenvalue weighted by atomic mass is 9.96. The number of aromatic nitrogens is 2. The third kappa shape index (κ3) is 4.71. The Labute approximate surface area is 170 Å². The van der Waals surface area contributed by atoms with E-state index in [1.807, 2.05) is 7.05 Å². The first-order chi connectivity index (χ1) is 14.1. The Morgan fingerprint density at radius 3 is 2.72 bits per heavy atom. The number of rotatable bonds is 5. The van der Waals surface area contributed by atoms with Gasteiger partial charge < -0.3 is 16.0 Å². The number of nitrogens with zero attached hydrogens (tertiary/aromatic N) is 3. The maximum absolute atomic E-state index is 13.0. The molecule has 2 aromatic rings. The number of benzene rings is 1. The van der Waals surface area contributed by atoms with Gasteiger partial charge in [-0.25, -0.2) is 14.4 Å². The minimum absolute atomic E-state index is 0.110. The summed E-state index contributed by atoms with van der Waals surface area (Å²) in [5, 5.41) is 9.44. The molecule has 3 heterocycles. The first-order valence-electron chi connectivity index (χ1n) is 10.2. The Morgan fingerprint density at radius 2 is 2.00 bits per heavy atom. The summed E-state index contributed by atoms with van der Waals surface area (Å²) >= 11 is 0. The molecule has 4 rings (SSSR count). The van der Waals surface area contributed by atoms with Crippen molar-refractivity contribution in [2.75, 3.05) is 43.9 Å². The van der Waals surface area contributed by atoms with Gasteiger partial charge in [-0.15, -0.1) is 0 Å². The summed E-state index contributed by atoms with van der Waals surface area (Å²) in [5.41, 5.74) is 2.76. The van der Waals surface area contributed by atoms with E-state index in [0.29, 0.717) is 18.2 Å². The fourth-order valence-electron chi connectivity index (χ4n) is 4.04. The quantitative estimate of drug-likeness (QED) is 0.716. The van der Waals surface area contributed by atoms with Gasteiger partial charge in [-0.2, -0.15) is 0 Å². The van der Waals surface area contributed by atoms with Gasteiger partial charge in [0, 0.05) is 37.3 Å². The van der Waals surface area contributed by atoms with Crippen LogP contribution >= 0.6 is 0 Å². The number of fused-ring (bicyclic) bond motifs is 1. The topological polar surface area (TPSA) is 82.2 Å². The van der Waals surface area contributed by atoms with Gasteiger partial charge in [0.2, 0.25) is 5.91 Å². The predicted octanol–water partition coefficient (Wildman–Crippen LogP) is 2.12. The molecular formula is C21H27FN6O. The van der Waals surface area contributed by atoms with Crippen LogP contribution in [-0.2, 0) is 17.8 Å². The monoisotopic (exact) mass is 398 g/mol. The smallest absolute Gasteiger partial charge is 0.238 e. The molecule has 7 nitrogen and oxygen atoms in total. The van der Waals surface area contributed by atoms with E-state index in [4.69, 9.17) is 9.97 Å². The van der Waals surface area contributed by atoms with Gasteiger partial charge in [0.1, 0.15) is 17.5 Å². The summed E-state index contributed by atoms with van der Waals surface area (Å²) in [6.45, 7) is 3.67. The summed E-state index contributed by atoms with van der Waals surface area (Å²) in [5.74, 6) is 1.78. The van der Waals surface area contributed by atoms with Crippen LogP contribution in [0.3, 0.4) is 0 Å². The predicted molar refractivity (Wildman–Crippen MR) is 110 cm³/mol. The van der Waals surface area contributed by atoms with Gasteiger partial charge in [0.15, 0.2) is 0 Å². The average molecular weight is 398 g/mol. The van der Waals surface area contributed by atoms with Crippen LogP contribution in [0.4, 0.5) is 15.9 Å². The van der Waals surface area contributed by atoms with Gasteiger partial charge in [-0.05, 0) is 56.6 Å². The van der Waals surface area contributed by atoms with Gasteiger partial charge >= 0.3 is 0 Å². The molecule has 2 aliphatic heterocycles. The SMILES string of the molecule is CNc1nc(C2CCNCC2)nc2c1CCN(CC(=O)Nc1ccc(F)cc1)C2. The van der Waals surface area contributed by atoms with Crippen LogP contribution in [0.2, 0.25) is 0 Å². The summed E-state index contributed by atoms with van der Waals surface area (Å²) in [6.07, 6.45) is 2.90. The number of anilines is 2. The Kier molecular flexibility index (Phi) is 6.01. The third-order valence-corrected chi connectivity index (χ3v) is 5.60. The summed E-state index contributed by atoms with van der Waals surface area (Å²) in [7, 11) is 1.90. The van der Waals surface area contributed by atoms with E-state index in [9.17, 15) is 9.18 Å². The van der Waals surface area contributed by atoms with Gasteiger partial charge in [0.05, 0.1) is 12.2 Å². The molecule has 3 N–H and O–H groups in total. The van der Waals surface area contributed by atoms with E-state index in [0.717, 1.165) is 61.8 Å². The normalized spacial score (nSPS) is 17.6. The van der Waals surface area contributed by atoms with Crippen molar-refractivity contribution in [1.82, 2.24) is 20.2 Å². The molecule has 1 fully saturated rings. The highest BCUT2D eigenvalue weighted by Crippen LogP contribution is 2.28. The minimum Gasteiger partial charge on any atom is -0.373 e. The van der Waals surface area contributed by atoms with Gasteiger partial charge in [-0.3, -0.25) is 9.69 Å². The van der Waals surface area contributed by atoms with E-state index in [2.05, 4.69) is 20.9 Å². The molecule has 0 unspecified atom stereocenters. The average Bonchev–Trinajstić information content (AvgIpc) is 2.75. The Hall–Kier alpha value is -2.58. The van der Waals surface area contributed by atoms with Crippen LogP contribution < -0.4 is 16.0 Å². The van der Waals surface area contributed by atoms with Crippen LogP contribution in [0.1, 0.15) is 35.8 Å². The zero-order chi connectivity index (χ0) is 20.2. The molecule has 1 aromatic heterocycles. The molecule has 29 heavy (non-hydrogen) atoms. The summed E-state index contributed by atoms with van der Waals surface area (Å²) in [4.78, 5) is 24.2. The number of carbonyl (C=O) groups excluding carboxylic acids is 1. The number of hydrogen-bond donors (Lipinski definition) is 3. The highest BCUT2D eigenvalue weighted by atomic mass is 19.1. The molecule has 154 valence electrons. The van der Waals surface area contributed by atoms with Crippen LogP contribution in [-0.4, -0.2) is 54.0 Å². The third-order valence-electron chi connectivity index (χ3n) is 5.60. The van der Waals surface area contributed by atoms with Crippen LogP contribution in [0.25, 0.3) is 0 Å². The van der Waals surface area contributed by atoms with Crippen molar-refractivity contribution >= 4 is 17.4 Å². The maximum atomic E-state index is 13.0. The first-order valence-corrected chi connectivity index (χ1v) is 10.2.